The van der Waals surface area contributed by atoms with Crippen LogP contribution in [0.4, 0.5) is 0 Å². The maximum absolute atomic E-state index is 14.3. The van der Waals surface area contributed by atoms with Crippen LogP contribution in [0.1, 0.15) is 99.8 Å². The van der Waals surface area contributed by atoms with Crippen molar-refractivity contribution < 1.29 is 19.5 Å². The number of fused-ring (bicyclic) bond motifs is 7. The summed E-state index contributed by atoms with van der Waals surface area (Å²) in [6.07, 6.45) is 7.87. The van der Waals surface area contributed by atoms with Crippen LogP contribution in [-0.4, -0.2) is 22.6 Å². The van der Waals surface area contributed by atoms with Gasteiger partial charge in [-0.25, -0.2) is 0 Å². The molecule has 0 aromatic carbocycles. The molecule has 8 atom stereocenters. The molecule has 5 aliphatic rings. The summed E-state index contributed by atoms with van der Waals surface area (Å²) in [7, 11) is 0. The number of hydrogen-bond acceptors (Lipinski definition) is 4. The zero-order valence-corrected chi connectivity index (χ0v) is 23.2. The molecule has 5 rings (SSSR count). The summed E-state index contributed by atoms with van der Waals surface area (Å²) in [5.74, 6) is -0.843. The Bertz CT molecular complexity index is 1130. The zero-order valence-electron chi connectivity index (χ0n) is 23.2. The van der Waals surface area contributed by atoms with E-state index in [0.717, 1.165) is 32.1 Å². The minimum Gasteiger partial charge on any atom is -0.481 e. The van der Waals surface area contributed by atoms with Gasteiger partial charge in [-0.1, -0.05) is 54.5 Å². The average molecular weight is 494 g/mol. The predicted octanol–water partition coefficient (Wildman–Crippen LogP) is 6.37. The second-order valence-electron chi connectivity index (χ2n) is 15.1. The first kappa shape index (κ1) is 25.7. The van der Waals surface area contributed by atoms with E-state index in [2.05, 4.69) is 40.7 Å². The molecule has 5 nitrogen and oxygen atoms in total. The van der Waals surface area contributed by atoms with Crippen molar-refractivity contribution in [3.05, 3.63) is 11.6 Å². The van der Waals surface area contributed by atoms with Crippen molar-refractivity contribution in [2.24, 2.45) is 56.2 Å². The van der Waals surface area contributed by atoms with E-state index in [0.29, 0.717) is 19.3 Å². The van der Waals surface area contributed by atoms with E-state index in [1.54, 1.807) is 0 Å². The van der Waals surface area contributed by atoms with E-state index in [9.17, 15) is 24.8 Å². The van der Waals surface area contributed by atoms with Crippen LogP contribution < -0.4 is 0 Å². The highest BCUT2D eigenvalue weighted by Gasteiger charge is 2.73. The normalized spacial score (nSPS) is 48.9. The Kier molecular flexibility index (Phi) is 5.23. The Morgan fingerprint density at radius 1 is 0.944 bits per heavy atom. The summed E-state index contributed by atoms with van der Waals surface area (Å²) in [5, 5.41) is 20.4. The second-order valence-corrected chi connectivity index (χ2v) is 15.1. The minimum absolute atomic E-state index is 0.0295. The van der Waals surface area contributed by atoms with Gasteiger partial charge in [0, 0.05) is 17.8 Å². The molecule has 0 aromatic heterocycles. The maximum atomic E-state index is 14.3. The number of Topliss-reactive ketones (excluding diaryl/α,β-unsaturated/α-hetero) is 2. The van der Waals surface area contributed by atoms with Gasteiger partial charge >= 0.3 is 5.97 Å². The number of allylic oxidation sites excluding steroid dienone is 2. The van der Waals surface area contributed by atoms with Gasteiger partial charge in [0.2, 0.25) is 0 Å². The quantitative estimate of drug-likeness (QED) is 0.458. The van der Waals surface area contributed by atoms with Crippen molar-refractivity contribution in [1.82, 2.24) is 0 Å². The van der Waals surface area contributed by atoms with Crippen molar-refractivity contribution in [2.45, 2.75) is 99.8 Å². The van der Waals surface area contributed by atoms with E-state index >= 15 is 0 Å². The lowest BCUT2D eigenvalue weighted by Crippen LogP contribution is -2.69. The fraction of sp³-hybridized carbons (Fsp3) is 0.806. The summed E-state index contributed by atoms with van der Waals surface area (Å²) < 4.78 is 0. The summed E-state index contributed by atoms with van der Waals surface area (Å²) >= 11 is 0. The molecule has 0 heterocycles. The predicted molar refractivity (Wildman–Crippen MR) is 137 cm³/mol. The minimum atomic E-state index is -0.799. The molecular formula is C31H43NO4. The number of nitriles is 1. The van der Waals surface area contributed by atoms with Crippen molar-refractivity contribution in [3.63, 3.8) is 0 Å². The van der Waals surface area contributed by atoms with Crippen LogP contribution in [0.25, 0.3) is 0 Å². The number of aliphatic carboxylic acids is 1. The van der Waals surface area contributed by atoms with Gasteiger partial charge in [0.1, 0.15) is 11.9 Å². The standard InChI is InChI=1S/C31H43NO4/c1-26(2)10-12-31(25(35)36)13-11-30(7)23(19(31)16-26)20(33)14-22-28(5)15-18(17-32)24(34)27(3,4)21(28)8-9-29(22,30)6/h15,19,21-23H,8-14,16H2,1-7H3,(H,35,36)/t19?,21-,22?,23?,28-,29+,30+,31-/m0/s1. The van der Waals surface area contributed by atoms with Gasteiger partial charge in [-0.2, -0.15) is 5.26 Å². The maximum Gasteiger partial charge on any atom is 0.309 e. The number of rotatable bonds is 1. The topological polar surface area (TPSA) is 95.2 Å². The van der Waals surface area contributed by atoms with E-state index in [1.807, 2.05) is 19.9 Å². The second kappa shape index (κ2) is 7.33. The molecule has 5 aliphatic carbocycles. The molecule has 1 N–H and O–H groups in total. The highest BCUT2D eigenvalue weighted by atomic mass is 16.4. The summed E-state index contributed by atoms with van der Waals surface area (Å²) in [6.45, 7) is 15.2. The van der Waals surface area contributed by atoms with Crippen LogP contribution in [0.15, 0.2) is 11.6 Å². The molecule has 36 heavy (non-hydrogen) atoms. The third-order valence-electron chi connectivity index (χ3n) is 12.9. The largest absolute Gasteiger partial charge is 0.481 e. The Morgan fingerprint density at radius 3 is 2.19 bits per heavy atom. The number of carbonyl (C=O) groups is 3. The van der Waals surface area contributed by atoms with Gasteiger partial charge in [-0.3, -0.25) is 14.4 Å². The molecule has 4 fully saturated rings. The Morgan fingerprint density at radius 2 is 1.58 bits per heavy atom. The van der Waals surface area contributed by atoms with Crippen LogP contribution in [0, 0.1) is 67.5 Å². The molecule has 0 aliphatic heterocycles. The molecule has 0 aromatic rings. The molecule has 0 amide bonds. The number of nitrogens with zero attached hydrogens (tertiary/aromatic N) is 1. The van der Waals surface area contributed by atoms with Crippen LogP contribution in [0.3, 0.4) is 0 Å². The lowest BCUT2D eigenvalue weighted by atomic mass is 9.31. The van der Waals surface area contributed by atoms with Gasteiger partial charge in [0.25, 0.3) is 0 Å². The van der Waals surface area contributed by atoms with Gasteiger partial charge in [-0.05, 0) is 84.4 Å². The summed E-state index contributed by atoms with van der Waals surface area (Å²) in [6, 6.07) is 2.18. The monoisotopic (exact) mass is 493 g/mol. The van der Waals surface area contributed by atoms with Crippen molar-refractivity contribution >= 4 is 17.5 Å². The fourth-order valence-electron chi connectivity index (χ4n) is 10.7. The summed E-state index contributed by atoms with van der Waals surface area (Å²) in [5.41, 5.74) is -2.07. The first-order valence-electron chi connectivity index (χ1n) is 13.9. The van der Waals surface area contributed by atoms with Crippen LogP contribution in [0.5, 0.6) is 0 Å². The first-order valence-corrected chi connectivity index (χ1v) is 13.9. The summed E-state index contributed by atoms with van der Waals surface area (Å²) in [4.78, 5) is 40.3. The highest BCUT2D eigenvalue weighted by Crippen LogP contribution is 2.75. The molecule has 0 radical (unpaired) electrons. The van der Waals surface area contributed by atoms with Gasteiger partial charge in [-0.15, -0.1) is 0 Å². The molecule has 0 saturated heterocycles. The van der Waals surface area contributed by atoms with E-state index in [1.165, 1.54) is 0 Å². The van der Waals surface area contributed by atoms with Crippen molar-refractivity contribution in [1.29, 1.82) is 5.26 Å². The molecule has 4 saturated carbocycles. The molecular weight excluding hydrogens is 450 g/mol. The lowest BCUT2D eigenvalue weighted by molar-refractivity contribution is -0.225. The molecule has 3 unspecified atom stereocenters. The van der Waals surface area contributed by atoms with E-state index in [-0.39, 0.29) is 57.1 Å². The Balaban J connectivity index is 1.65. The highest BCUT2D eigenvalue weighted by molar-refractivity contribution is 6.04. The number of ketones is 2. The third kappa shape index (κ3) is 2.91. The number of carbonyl (C=O) groups excluding carboxylic acids is 2. The van der Waals surface area contributed by atoms with E-state index in [4.69, 9.17) is 0 Å². The van der Waals surface area contributed by atoms with Crippen LogP contribution in [0.2, 0.25) is 0 Å². The van der Waals surface area contributed by atoms with Crippen LogP contribution >= 0.6 is 0 Å². The third-order valence-corrected chi connectivity index (χ3v) is 12.9. The van der Waals surface area contributed by atoms with Crippen molar-refractivity contribution in [2.75, 3.05) is 0 Å². The molecule has 0 bridgehead atoms. The van der Waals surface area contributed by atoms with Gasteiger partial charge in [0.15, 0.2) is 5.78 Å². The molecule has 5 heteroatoms. The Hall–Kier alpha value is -1.96. The smallest absolute Gasteiger partial charge is 0.309 e. The number of hydrogen-bond donors (Lipinski definition) is 1. The SMILES string of the molecule is CC1(C)CC[C@]2(C(=O)O)CC[C@]3(C)C(C(=O)CC4[C@@]5(C)C=C(C#N)C(=O)C(C)(C)[C@@H]5CC[C@]43C)C2C1. The molecule has 0 spiro atoms. The molecule has 196 valence electrons. The van der Waals surface area contributed by atoms with Crippen LogP contribution in [-0.2, 0) is 14.4 Å². The van der Waals surface area contributed by atoms with E-state index < -0.39 is 22.2 Å². The first-order chi connectivity index (χ1) is 16.5. The average Bonchev–Trinajstić information content (AvgIpc) is 2.77. The number of carboxylic acid groups (broad SMARTS) is 1. The Labute approximate surface area is 216 Å². The lowest BCUT2D eigenvalue weighted by Gasteiger charge is -2.71. The van der Waals surface area contributed by atoms with Gasteiger partial charge < -0.3 is 5.11 Å². The number of carboxylic acids is 1. The zero-order chi connectivity index (χ0) is 26.7. The van der Waals surface area contributed by atoms with Crippen molar-refractivity contribution in [3.8, 4) is 6.07 Å². The van der Waals surface area contributed by atoms with Gasteiger partial charge in [0.05, 0.1) is 11.0 Å². The fourth-order valence-corrected chi connectivity index (χ4v) is 10.7.